The first-order chi connectivity index (χ1) is 9.11. The molecule has 1 aromatic heterocycles. The number of halogens is 1. The van der Waals surface area contributed by atoms with Gasteiger partial charge in [0.2, 0.25) is 0 Å². The monoisotopic (exact) mass is 258 g/mol. The molecule has 0 bridgehead atoms. The van der Waals surface area contributed by atoms with E-state index >= 15 is 0 Å². The van der Waals surface area contributed by atoms with E-state index in [0.717, 1.165) is 22.5 Å². The third-order valence-corrected chi connectivity index (χ3v) is 3.37. The number of hydrogen-bond acceptors (Lipinski definition) is 2. The number of nitrogens with one attached hydrogen (secondary N) is 1. The Morgan fingerprint density at radius 1 is 1.16 bits per heavy atom. The fourth-order valence-corrected chi connectivity index (χ4v) is 2.32. The van der Waals surface area contributed by atoms with Crippen LogP contribution < -0.4 is 5.32 Å². The lowest BCUT2D eigenvalue weighted by Crippen LogP contribution is -2.20. The Balaban J connectivity index is 2.28. The summed E-state index contributed by atoms with van der Waals surface area (Å²) in [6.45, 7) is 3.97. The Morgan fingerprint density at radius 2 is 1.89 bits per heavy atom. The molecule has 1 unspecified atom stereocenters. The maximum Gasteiger partial charge on any atom is 0.126 e. The van der Waals surface area contributed by atoms with Crippen molar-refractivity contribution in [3.05, 3.63) is 64.7 Å². The Bertz CT molecular complexity index is 566. The predicted octanol–water partition coefficient (Wildman–Crippen LogP) is 3.34. The number of nitrogens with zero attached hydrogens (tertiary/aromatic N) is 1. The van der Waals surface area contributed by atoms with Crippen LogP contribution in [-0.4, -0.2) is 12.0 Å². The molecule has 0 amide bonds. The predicted molar refractivity (Wildman–Crippen MR) is 75.6 cm³/mol. The second kappa shape index (κ2) is 5.93. The molecule has 1 heterocycles. The van der Waals surface area contributed by atoms with E-state index < -0.39 is 0 Å². The van der Waals surface area contributed by atoms with E-state index in [1.165, 1.54) is 6.07 Å². The minimum atomic E-state index is -0.152. The lowest BCUT2D eigenvalue weighted by Gasteiger charge is -2.19. The molecule has 3 heteroatoms. The number of pyridine rings is 1. The van der Waals surface area contributed by atoms with Gasteiger partial charge in [0.25, 0.3) is 0 Å². The molecule has 0 aliphatic heterocycles. The summed E-state index contributed by atoms with van der Waals surface area (Å²) in [5, 5.41) is 3.25. The van der Waals surface area contributed by atoms with Crippen LogP contribution in [0.5, 0.6) is 0 Å². The number of likely N-dealkylation sites (N-methyl/N-ethyl adjacent to an activating group) is 1. The molecule has 0 aliphatic carbocycles. The van der Waals surface area contributed by atoms with E-state index in [9.17, 15) is 4.39 Å². The molecule has 100 valence electrons. The van der Waals surface area contributed by atoms with Gasteiger partial charge < -0.3 is 5.32 Å². The molecule has 2 nitrogen and oxygen atoms in total. The van der Waals surface area contributed by atoms with Gasteiger partial charge in [-0.05, 0) is 50.6 Å². The van der Waals surface area contributed by atoms with E-state index in [4.69, 9.17) is 0 Å². The summed E-state index contributed by atoms with van der Waals surface area (Å²) >= 11 is 0. The quantitative estimate of drug-likeness (QED) is 0.909. The largest absolute Gasteiger partial charge is 0.313 e. The summed E-state index contributed by atoms with van der Waals surface area (Å²) in [4.78, 5) is 4.47. The molecule has 1 aromatic carbocycles. The molecule has 2 aromatic rings. The van der Waals surface area contributed by atoms with Gasteiger partial charge in [-0.15, -0.1) is 0 Å². The zero-order valence-electron chi connectivity index (χ0n) is 11.6. The zero-order valence-corrected chi connectivity index (χ0v) is 11.6. The average Bonchev–Trinajstić information content (AvgIpc) is 2.39. The minimum Gasteiger partial charge on any atom is -0.313 e. The highest BCUT2D eigenvalue weighted by Crippen LogP contribution is 2.22. The standard InChI is InChI=1S/C16H19FN2/c1-11-8-9-14(12(2)19-11)16(18-3)10-13-6-4-5-7-15(13)17/h4-9,16,18H,10H2,1-3H3. The van der Waals surface area contributed by atoms with E-state index in [1.54, 1.807) is 6.07 Å². The topological polar surface area (TPSA) is 24.9 Å². The van der Waals surface area contributed by atoms with Gasteiger partial charge in [0.05, 0.1) is 0 Å². The van der Waals surface area contributed by atoms with Gasteiger partial charge in [0.15, 0.2) is 0 Å². The van der Waals surface area contributed by atoms with Gasteiger partial charge in [-0.2, -0.15) is 0 Å². The highest BCUT2D eigenvalue weighted by molar-refractivity contribution is 5.28. The van der Waals surface area contributed by atoms with Crippen molar-refractivity contribution in [3.63, 3.8) is 0 Å². The normalized spacial score (nSPS) is 12.4. The van der Waals surface area contributed by atoms with Crippen molar-refractivity contribution in [3.8, 4) is 0 Å². The smallest absolute Gasteiger partial charge is 0.126 e. The molecule has 1 N–H and O–H groups in total. The minimum absolute atomic E-state index is 0.0741. The molecular weight excluding hydrogens is 239 g/mol. The number of benzene rings is 1. The van der Waals surface area contributed by atoms with Crippen LogP contribution in [0.4, 0.5) is 4.39 Å². The Kier molecular flexibility index (Phi) is 4.27. The maximum absolute atomic E-state index is 13.7. The molecule has 0 radical (unpaired) electrons. The van der Waals surface area contributed by atoms with Crippen molar-refractivity contribution < 1.29 is 4.39 Å². The van der Waals surface area contributed by atoms with E-state index in [2.05, 4.69) is 16.4 Å². The number of aryl methyl sites for hydroxylation is 2. The van der Waals surface area contributed by atoms with E-state index in [1.807, 2.05) is 39.1 Å². The fraction of sp³-hybridized carbons (Fsp3) is 0.312. The molecular formula is C16H19FN2. The first-order valence-electron chi connectivity index (χ1n) is 6.46. The van der Waals surface area contributed by atoms with Crippen molar-refractivity contribution in [2.45, 2.75) is 26.3 Å². The molecule has 19 heavy (non-hydrogen) atoms. The summed E-state index contributed by atoms with van der Waals surface area (Å²) in [5.41, 5.74) is 3.84. The first-order valence-corrected chi connectivity index (χ1v) is 6.46. The van der Waals surface area contributed by atoms with Gasteiger partial charge in [-0.25, -0.2) is 4.39 Å². The van der Waals surface area contributed by atoms with Gasteiger partial charge in [0, 0.05) is 17.4 Å². The van der Waals surface area contributed by atoms with E-state index in [-0.39, 0.29) is 11.9 Å². The molecule has 1 atom stereocenters. The van der Waals surface area contributed by atoms with Crippen LogP contribution in [0.15, 0.2) is 36.4 Å². The van der Waals surface area contributed by atoms with Crippen LogP contribution in [0.2, 0.25) is 0 Å². The van der Waals surface area contributed by atoms with Crippen LogP contribution in [0.1, 0.15) is 28.6 Å². The van der Waals surface area contributed by atoms with Crippen molar-refractivity contribution in [2.24, 2.45) is 0 Å². The van der Waals surface area contributed by atoms with Crippen LogP contribution in [0.25, 0.3) is 0 Å². The lowest BCUT2D eigenvalue weighted by atomic mass is 9.97. The molecule has 2 rings (SSSR count). The van der Waals surface area contributed by atoms with E-state index in [0.29, 0.717) is 6.42 Å². The summed E-state index contributed by atoms with van der Waals surface area (Å²) < 4.78 is 13.7. The highest BCUT2D eigenvalue weighted by Gasteiger charge is 2.15. The summed E-state index contributed by atoms with van der Waals surface area (Å²) in [7, 11) is 1.89. The van der Waals surface area contributed by atoms with Crippen LogP contribution >= 0.6 is 0 Å². The van der Waals surface area contributed by atoms with Gasteiger partial charge in [-0.3, -0.25) is 4.98 Å². The molecule has 0 fully saturated rings. The number of rotatable bonds is 4. The third kappa shape index (κ3) is 3.18. The van der Waals surface area contributed by atoms with Crippen LogP contribution in [-0.2, 0) is 6.42 Å². The molecule has 0 aliphatic rings. The average molecular weight is 258 g/mol. The van der Waals surface area contributed by atoms with Gasteiger partial charge >= 0.3 is 0 Å². The van der Waals surface area contributed by atoms with Crippen molar-refractivity contribution in [1.82, 2.24) is 10.3 Å². The maximum atomic E-state index is 13.7. The zero-order chi connectivity index (χ0) is 13.8. The van der Waals surface area contributed by atoms with Gasteiger partial charge in [-0.1, -0.05) is 24.3 Å². The SMILES string of the molecule is CNC(Cc1ccccc1F)c1ccc(C)nc1C. The summed E-state index contributed by atoms with van der Waals surface area (Å²) in [6.07, 6.45) is 0.620. The Hall–Kier alpha value is -1.74. The third-order valence-electron chi connectivity index (χ3n) is 3.37. The summed E-state index contributed by atoms with van der Waals surface area (Å²) in [5.74, 6) is -0.152. The van der Waals surface area contributed by atoms with Crippen LogP contribution in [0.3, 0.4) is 0 Å². The van der Waals surface area contributed by atoms with Gasteiger partial charge in [0.1, 0.15) is 5.82 Å². The number of aromatic nitrogens is 1. The Morgan fingerprint density at radius 3 is 2.53 bits per heavy atom. The fourth-order valence-electron chi connectivity index (χ4n) is 2.32. The lowest BCUT2D eigenvalue weighted by molar-refractivity contribution is 0.551. The van der Waals surface area contributed by atoms with Crippen molar-refractivity contribution in [1.29, 1.82) is 0 Å². The second-order valence-corrected chi connectivity index (χ2v) is 4.76. The van der Waals surface area contributed by atoms with Crippen molar-refractivity contribution in [2.75, 3.05) is 7.05 Å². The highest BCUT2D eigenvalue weighted by atomic mass is 19.1. The second-order valence-electron chi connectivity index (χ2n) is 4.76. The molecule has 0 spiro atoms. The molecule has 0 saturated carbocycles. The van der Waals surface area contributed by atoms with Crippen molar-refractivity contribution >= 4 is 0 Å². The van der Waals surface area contributed by atoms with Crippen LogP contribution in [0, 0.1) is 19.7 Å². The molecule has 0 saturated heterocycles. The Labute approximate surface area is 113 Å². The first kappa shape index (κ1) is 13.7. The summed E-state index contributed by atoms with van der Waals surface area (Å²) in [6, 6.07) is 11.1. The number of hydrogen-bond donors (Lipinski definition) is 1.